The molecule has 0 radical (unpaired) electrons. The van der Waals surface area contributed by atoms with Crippen molar-refractivity contribution < 1.29 is 21.8 Å². The van der Waals surface area contributed by atoms with Crippen LogP contribution >= 0.6 is 0 Å². The third kappa shape index (κ3) is 3.49. The zero-order valence-electron chi connectivity index (χ0n) is 11.2. The number of amides is 1. The summed E-state index contributed by atoms with van der Waals surface area (Å²) in [4.78, 5) is 13.3. The van der Waals surface area contributed by atoms with Crippen molar-refractivity contribution in [2.45, 2.75) is 6.42 Å². The van der Waals surface area contributed by atoms with Crippen molar-refractivity contribution >= 4 is 21.8 Å². The Bertz CT molecular complexity index is 711. The average Bonchev–Trinajstić information content (AvgIpc) is 2.76. The number of carbonyl (C=O) groups excluding carboxylic acids is 1. The molecule has 1 heterocycles. The molecule has 0 aromatic heterocycles. The van der Waals surface area contributed by atoms with Crippen LogP contribution in [0.2, 0.25) is 0 Å². The van der Waals surface area contributed by atoms with Crippen molar-refractivity contribution in [1.29, 1.82) is 5.26 Å². The molecule has 8 heteroatoms. The SMILES string of the molecule is COc1ccc(N2CC(CS(=O)(=O)F)CC2=O)cc1C#N. The molecule has 1 aliphatic heterocycles. The summed E-state index contributed by atoms with van der Waals surface area (Å²) in [6.45, 7) is 0.110. The molecule has 21 heavy (non-hydrogen) atoms. The molecule has 2 rings (SSSR count). The third-order valence-electron chi connectivity index (χ3n) is 3.26. The highest BCUT2D eigenvalue weighted by Gasteiger charge is 2.33. The van der Waals surface area contributed by atoms with Gasteiger partial charge < -0.3 is 9.64 Å². The van der Waals surface area contributed by atoms with E-state index >= 15 is 0 Å². The van der Waals surface area contributed by atoms with E-state index in [2.05, 4.69) is 0 Å². The largest absolute Gasteiger partial charge is 0.495 e. The summed E-state index contributed by atoms with van der Waals surface area (Å²) in [6, 6.07) is 6.60. The van der Waals surface area contributed by atoms with Crippen LogP contribution in [0.1, 0.15) is 12.0 Å². The Morgan fingerprint density at radius 2 is 2.24 bits per heavy atom. The highest BCUT2D eigenvalue weighted by Crippen LogP contribution is 2.29. The Kier molecular flexibility index (Phi) is 4.14. The molecule has 1 atom stereocenters. The fraction of sp³-hybridized carbons (Fsp3) is 0.385. The van der Waals surface area contributed by atoms with Gasteiger partial charge in [0.05, 0.1) is 18.4 Å². The number of halogens is 1. The predicted octanol–water partition coefficient (Wildman–Crippen LogP) is 1.22. The second kappa shape index (κ2) is 5.69. The number of anilines is 1. The van der Waals surface area contributed by atoms with Gasteiger partial charge in [-0.1, -0.05) is 0 Å². The molecule has 1 aromatic rings. The number of hydrogen-bond donors (Lipinski definition) is 0. The van der Waals surface area contributed by atoms with E-state index in [0.717, 1.165) is 0 Å². The summed E-state index contributed by atoms with van der Waals surface area (Å²) in [5.74, 6) is -1.16. The van der Waals surface area contributed by atoms with Gasteiger partial charge in [0.2, 0.25) is 5.91 Å². The molecule has 6 nitrogen and oxygen atoms in total. The molecule has 1 saturated heterocycles. The quantitative estimate of drug-likeness (QED) is 0.780. The van der Waals surface area contributed by atoms with E-state index in [1.54, 1.807) is 12.1 Å². The molecular weight excluding hydrogens is 299 g/mol. The van der Waals surface area contributed by atoms with Crippen molar-refractivity contribution in [1.82, 2.24) is 0 Å². The third-order valence-corrected chi connectivity index (χ3v) is 4.12. The van der Waals surface area contributed by atoms with Crippen LogP contribution in [0.25, 0.3) is 0 Å². The predicted molar refractivity (Wildman–Crippen MR) is 73.1 cm³/mol. The van der Waals surface area contributed by atoms with Crippen LogP contribution in [0, 0.1) is 17.2 Å². The van der Waals surface area contributed by atoms with Crippen LogP contribution in [-0.2, 0) is 15.0 Å². The summed E-state index contributed by atoms with van der Waals surface area (Å²) >= 11 is 0. The number of methoxy groups -OCH3 is 1. The molecule has 1 amide bonds. The van der Waals surface area contributed by atoms with Crippen LogP contribution in [0.4, 0.5) is 9.57 Å². The van der Waals surface area contributed by atoms with Crippen molar-refractivity contribution in [2.24, 2.45) is 5.92 Å². The number of carbonyl (C=O) groups is 1. The van der Waals surface area contributed by atoms with Crippen LogP contribution in [0.15, 0.2) is 18.2 Å². The van der Waals surface area contributed by atoms with Crippen molar-refractivity contribution in [3.05, 3.63) is 23.8 Å². The van der Waals surface area contributed by atoms with E-state index in [0.29, 0.717) is 11.4 Å². The minimum absolute atomic E-state index is 0.0307. The average molecular weight is 312 g/mol. The minimum atomic E-state index is -4.61. The lowest BCUT2D eigenvalue weighted by atomic mass is 10.1. The maximum Gasteiger partial charge on any atom is 0.302 e. The van der Waals surface area contributed by atoms with Crippen LogP contribution in [0.3, 0.4) is 0 Å². The summed E-state index contributed by atoms with van der Waals surface area (Å²) in [5.41, 5.74) is 0.737. The van der Waals surface area contributed by atoms with Crippen molar-refractivity contribution in [3.63, 3.8) is 0 Å². The second-order valence-electron chi connectivity index (χ2n) is 4.78. The Morgan fingerprint density at radius 1 is 1.52 bits per heavy atom. The van der Waals surface area contributed by atoms with Gasteiger partial charge in [0.1, 0.15) is 11.8 Å². The lowest BCUT2D eigenvalue weighted by Gasteiger charge is -2.17. The Labute approximate surface area is 121 Å². The first kappa shape index (κ1) is 15.3. The number of nitrogens with zero attached hydrogens (tertiary/aromatic N) is 2. The molecule has 1 fully saturated rings. The topological polar surface area (TPSA) is 87.5 Å². The van der Waals surface area contributed by atoms with Gasteiger partial charge in [-0.05, 0) is 18.2 Å². The lowest BCUT2D eigenvalue weighted by molar-refractivity contribution is -0.117. The molecule has 0 spiro atoms. The number of nitriles is 1. The summed E-state index contributed by atoms with van der Waals surface area (Å²) in [6.07, 6.45) is -0.0307. The van der Waals surface area contributed by atoms with Gasteiger partial charge in [-0.2, -0.15) is 13.7 Å². The number of hydrogen-bond acceptors (Lipinski definition) is 5. The standard InChI is InChI=1S/C13H13FN2O4S/c1-20-12-3-2-11(5-10(12)6-15)16-7-9(4-13(16)17)8-21(14,18)19/h2-3,5,9H,4,7-8H2,1H3. The monoisotopic (exact) mass is 312 g/mol. The van der Waals surface area contributed by atoms with Crippen molar-refractivity contribution in [2.75, 3.05) is 24.3 Å². The highest BCUT2D eigenvalue weighted by atomic mass is 32.3. The van der Waals surface area contributed by atoms with E-state index in [-0.39, 0.29) is 24.4 Å². The van der Waals surface area contributed by atoms with Gasteiger partial charge in [0, 0.05) is 24.6 Å². The number of rotatable bonds is 4. The van der Waals surface area contributed by atoms with Gasteiger partial charge in [-0.3, -0.25) is 4.79 Å². The Morgan fingerprint density at radius 3 is 2.81 bits per heavy atom. The first-order chi connectivity index (χ1) is 9.84. The fourth-order valence-corrected chi connectivity index (χ4v) is 3.16. The minimum Gasteiger partial charge on any atom is -0.495 e. The Balaban J connectivity index is 2.23. The molecule has 0 aliphatic carbocycles. The Hall–Kier alpha value is -2.14. The molecule has 0 N–H and O–H groups in total. The first-order valence-electron chi connectivity index (χ1n) is 6.15. The molecular formula is C13H13FN2O4S. The van der Waals surface area contributed by atoms with Crippen molar-refractivity contribution in [3.8, 4) is 11.8 Å². The van der Waals surface area contributed by atoms with Gasteiger partial charge >= 0.3 is 10.2 Å². The maximum atomic E-state index is 12.7. The normalized spacial score (nSPS) is 18.6. The molecule has 112 valence electrons. The molecule has 1 unspecified atom stereocenters. The van der Waals surface area contributed by atoms with Gasteiger partial charge in [0.25, 0.3) is 0 Å². The van der Waals surface area contributed by atoms with Gasteiger partial charge in [-0.25, -0.2) is 0 Å². The summed E-state index contributed by atoms with van der Waals surface area (Å²) in [5, 5.41) is 9.03. The zero-order valence-corrected chi connectivity index (χ0v) is 12.1. The van der Waals surface area contributed by atoms with Gasteiger partial charge in [-0.15, -0.1) is 3.89 Å². The van der Waals surface area contributed by atoms with Crippen LogP contribution < -0.4 is 9.64 Å². The second-order valence-corrected chi connectivity index (χ2v) is 6.19. The zero-order chi connectivity index (χ0) is 15.6. The summed E-state index contributed by atoms with van der Waals surface area (Å²) in [7, 11) is -3.18. The van der Waals surface area contributed by atoms with E-state index in [1.807, 2.05) is 6.07 Å². The smallest absolute Gasteiger partial charge is 0.302 e. The van der Waals surface area contributed by atoms with E-state index in [9.17, 15) is 17.1 Å². The lowest BCUT2D eigenvalue weighted by Crippen LogP contribution is -2.25. The molecule has 0 bridgehead atoms. The maximum absolute atomic E-state index is 12.7. The van der Waals surface area contributed by atoms with Gasteiger partial charge in [0.15, 0.2) is 0 Å². The van der Waals surface area contributed by atoms with E-state index in [1.165, 1.54) is 18.1 Å². The molecule has 1 aliphatic rings. The van der Waals surface area contributed by atoms with E-state index in [4.69, 9.17) is 10.00 Å². The van der Waals surface area contributed by atoms with Crippen LogP contribution in [-0.4, -0.2) is 33.7 Å². The number of benzene rings is 1. The molecule has 0 saturated carbocycles. The summed E-state index contributed by atoms with van der Waals surface area (Å²) < 4.78 is 39.0. The number of ether oxygens (including phenoxy) is 1. The molecule has 1 aromatic carbocycles. The van der Waals surface area contributed by atoms with Crippen LogP contribution in [0.5, 0.6) is 5.75 Å². The first-order valence-corrected chi connectivity index (χ1v) is 7.70. The van der Waals surface area contributed by atoms with E-state index < -0.39 is 21.9 Å². The fourth-order valence-electron chi connectivity index (χ4n) is 2.38. The highest BCUT2D eigenvalue weighted by molar-refractivity contribution is 7.86.